The van der Waals surface area contributed by atoms with Gasteiger partial charge in [-0.3, -0.25) is 4.79 Å². The summed E-state index contributed by atoms with van der Waals surface area (Å²) in [7, 11) is 1.27. The van der Waals surface area contributed by atoms with Crippen molar-refractivity contribution >= 4 is 13.9 Å². The van der Waals surface area contributed by atoms with Gasteiger partial charge in [-0.2, -0.15) is 9.97 Å². The van der Waals surface area contributed by atoms with Gasteiger partial charge in [0.1, 0.15) is 19.3 Å². The third kappa shape index (κ3) is 4.21. The Balaban J connectivity index is 2.67. The lowest BCUT2D eigenvalue weighted by Crippen LogP contribution is -2.17. The van der Waals surface area contributed by atoms with E-state index in [1.807, 2.05) is 6.07 Å². The molecule has 0 aliphatic rings. The van der Waals surface area contributed by atoms with Gasteiger partial charge in [0.15, 0.2) is 0 Å². The van der Waals surface area contributed by atoms with Crippen LogP contribution in [0.25, 0.3) is 0 Å². The lowest BCUT2D eigenvalue weighted by molar-refractivity contribution is 0.103. The fourth-order valence-electron chi connectivity index (χ4n) is 1.94. The van der Waals surface area contributed by atoms with E-state index in [9.17, 15) is 4.79 Å². The number of aromatic nitrogens is 2. The topological polar surface area (TPSA) is 61.3 Å². The maximum Gasteiger partial charge on any atom is 0.320 e. The van der Waals surface area contributed by atoms with Crippen molar-refractivity contribution in [2.75, 3.05) is 14.2 Å². The zero-order chi connectivity index (χ0) is 17.7. The number of hydrogen-bond donors (Lipinski definition) is 0. The number of methoxy groups -OCH3 is 2. The van der Waals surface area contributed by atoms with Crippen molar-refractivity contribution in [3.8, 4) is 23.4 Å². The molecule has 0 amide bonds. The van der Waals surface area contributed by atoms with Crippen LogP contribution in [0.1, 0.15) is 21.6 Å². The molecule has 0 radical (unpaired) electrons. The van der Waals surface area contributed by atoms with Gasteiger partial charge in [0.05, 0.1) is 14.2 Å². The molecule has 1 aromatic carbocycles. The molecular formula is C18H20N2O3Si. The largest absolute Gasteiger partial charge is 0.480 e. The summed E-state index contributed by atoms with van der Waals surface area (Å²) in [6.07, 6.45) is 0. The summed E-state index contributed by atoms with van der Waals surface area (Å²) in [4.78, 5) is 21.3. The summed E-state index contributed by atoms with van der Waals surface area (Å²) in [5.41, 5.74) is 4.34. The number of carbonyl (C=O) groups excluding carboxylic acids is 1. The highest BCUT2D eigenvalue weighted by molar-refractivity contribution is 6.83. The van der Waals surface area contributed by atoms with Crippen LogP contribution in [0.15, 0.2) is 30.3 Å². The van der Waals surface area contributed by atoms with Crippen LogP contribution in [0.2, 0.25) is 19.6 Å². The maximum atomic E-state index is 12.9. The number of rotatable bonds is 4. The van der Waals surface area contributed by atoms with Crippen LogP contribution in [-0.2, 0) is 0 Å². The molecule has 0 fully saturated rings. The van der Waals surface area contributed by atoms with Crippen LogP contribution in [0, 0.1) is 11.5 Å². The molecule has 0 saturated heterocycles. The first-order chi connectivity index (χ1) is 11.4. The smallest absolute Gasteiger partial charge is 0.320 e. The summed E-state index contributed by atoms with van der Waals surface area (Å²) in [5.74, 6) is 2.97. The molecule has 0 aliphatic heterocycles. The molecule has 0 atom stereocenters. The van der Waals surface area contributed by atoms with Gasteiger partial charge in [-0.15, -0.1) is 5.54 Å². The first-order valence-corrected chi connectivity index (χ1v) is 11.0. The standard InChI is InChI=1S/C18H20N2O3Si/c1-22-17-15(16(21)13-9-7-6-8-10-13)14(11-12-24(3,4)5)19-18(20-17)23-2/h6-10H,1-5H3. The molecule has 0 saturated carbocycles. The summed E-state index contributed by atoms with van der Waals surface area (Å²) in [5, 5.41) is 0. The minimum Gasteiger partial charge on any atom is -0.480 e. The summed E-state index contributed by atoms with van der Waals surface area (Å²) >= 11 is 0. The average molecular weight is 340 g/mol. The highest BCUT2D eigenvalue weighted by atomic mass is 28.3. The molecule has 1 heterocycles. The van der Waals surface area contributed by atoms with E-state index >= 15 is 0 Å². The Morgan fingerprint density at radius 1 is 1.04 bits per heavy atom. The molecule has 1 aromatic heterocycles. The number of nitrogens with zero attached hydrogens (tertiary/aromatic N) is 2. The van der Waals surface area contributed by atoms with Gasteiger partial charge in [0.25, 0.3) is 0 Å². The predicted octanol–water partition coefficient (Wildman–Crippen LogP) is 2.95. The fraction of sp³-hybridized carbons (Fsp3) is 0.278. The summed E-state index contributed by atoms with van der Waals surface area (Å²) < 4.78 is 10.4. The van der Waals surface area contributed by atoms with Crippen LogP contribution in [0.5, 0.6) is 11.9 Å². The van der Waals surface area contributed by atoms with E-state index in [1.165, 1.54) is 14.2 Å². The number of hydrogen-bond acceptors (Lipinski definition) is 5. The Morgan fingerprint density at radius 3 is 2.25 bits per heavy atom. The predicted molar refractivity (Wildman–Crippen MR) is 95.2 cm³/mol. The van der Waals surface area contributed by atoms with E-state index in [0.29, 0.717) is 11.3 Å². The molecule has 0 aliphatic carbocycles. The van der Waals surface area contributed by atoms with Gasteiger partial charge in [-0.1, -0.05) is 55.9 Å². The van der Waals surface area contributed by atoms with Gasteiger partial charge in [0.2, 0.25) is 11.7 Å². The Kier molecular flexibility index (Phi) is 5.37. The summed E-state index contributed by atoms with van der Waals surface area (Å²) in [6, 6.07) is 9.06. The van der Waals surface area contributed by atoms with Crippen molar-refractivity contribution in [3.63, 3.8) is 0 Å². The van der Waals surface area contributed by atoms with Crippen molar-refractivity contribution in [1.82, 2.24) is 9.97 Å². The normalized spacial score (nSPS) is 10.5. The lowest BCUT2D eigenvalue weighted by atomic mass is 10.0. The zero-order valence-electron chi connectivity index (χ0n) is 14.5. The van der Waals surface area contributed by atoms with Gasteiger partial charge in [-0.25, -0.2) is 0 Å². The van der Waals surface area contributed by atoms with Crippen LogP contribution < -0.4 is 9.47 Å². The fourth-order valence-corrected chi connectivity index (χ4v) is 2.43. The van der Waals surface area contributed by atoms with E-state index < -0.39 is 8.07 Å². The van der Waals surface area contributed by atoms with Crippen LogP contribution in [0.3, 0.4) is 0 Å². The quantitative estimate of drug-likeness (QED) is 0.486. The molecular weight excluding hydrogens is 320 g/mol. The Morgan fingerprint density at radius 2 is 1.71 bits per heavy atom. The molecule has 0 N–H and O–H groups in total. The van der Waals surface area contributed by atoms with E-state index in [-0.39, 0.29) is 23.2 Å². The van der Waals surface area contributed by atoms with Crippen molar-refractivity contribution < 1.29 is 14.3 Å². The minimum atomic E-state index is -1.65. The van der Waals surface area contributed by atoms with E-state index in [4.69, 9.17) is 9.47 Å². The first kappa shape index (κ1) is 17.7. The summed E-state index contributed by atoms with van der Waals surface area (Å²) in [6.45, 7) is 6.36. The Hall–Kier alpha value is -2.65. The van der Waals surface area contributed by atoms with Gasteiger partial charge in [-0.05, 0) is 0 Å². The molecule has 0 spiro atoms. The molecule has 2 rings (SSSR count). The zero-order valence-corrected chi connectivity index (χ0v) is 15.5. The molecule has 0 unspecified atom stereocenters. The molecule has 24 heavy (non-hydrogen) atoms. The van der Waals surface area contributed by atoms with Crippen LogP contribution in [0.4, 0.5) is 0 Å². The Bertz CT molecular complexity index is 803. The van der Waals surface area contributed by atoms with Crippen molar-refractivity contribution in [2.24, 2.45) is 0 Å². The Labute approximate surface area is 143 Å². The van der Waals surface area contributed by atoms with E-state index in [1.54, 1.807) is 24.3 Å². The third-order valence-corrected chi connectivity index (χ3v) is 3.93. The van der Waals surface area contributed by atoms with E-state index in [2.05, 4.69) is 41.1 Å². The van der Waals surface area contributed by atoms with Gasteiger partial charge >= 0.3 is 6.01 Å². The van der Waals surface area contributed by atoms with Crippen LogP contribution >= 0.6 is 0 Å². The minimum absolute atomic E-state index is 0.122. The second-order valence-electron chi connectivity index (χ2n) is 6.14. The van der Waals surface area contributed by atoms with Crippen molar-refractivity contribution in [2.45, 2.75) is 19.6 Å². The SMILES string of the molecule is COc1nc(C#C[Si](C)(C)C)c(C(=O)c2ccccc2)c(OC)n1. The number of benzene rings is 1. The second kappa shape index (κ2) is 7.28. The average Bonchev–Trinajstić information content (AvgIpc) is 2.58. The molecule has 6 heteroatoms. The van der Waals surface area contributed by atoms with Crippen LogP contribution in [-0.4, -0.2) is 38.0 Å². The van der Waals surface area contributed by atoms with E-state index in [0.717, 1.165) is 0 Å². The molecule has 0 bridgehead atoms. The third-order valence-electron chi connectivity index (χ3n) is 3.05. The maximum absolute atomic E-state index is 12.9. The number of carbonyl (C=O) groups is 1. The second-order valence-corrected chi connectivity index (χ2v) is 10.9. The molecule has 2 aromatic rings. The number of ketones is 1. The molecule has 5 nitrogen and oxygen atoms in total. The lowest BCUT2D eigenvalue weighted by Gasteiger charge is -2.11. The highest BCUT2D eigenvalue weighted by Gasteiger charge is 2.23. The first-order valence-electron chi connectivity index (χ1n) is 7.48. The van der Waals surface area contributed by atoms with Gasteiger partial charge < -0.3 is 9.47 Å². The van der Waals surface area contributed by atoms with Crippen molar-refractivity contribution in [3.05, 3.63) is 47.2 Å². The number of ether oxygens (including phenoxy) is 2. The highest BCUT2D eigenvalue weighted by Crippen LogP contribution is 2.24. The monoisotopic (exact) mass is 340 g/mol. The van der Waals surface area contributed by atoms with Gasteiger partial charge in [0, 0.05) is 5.56 Å². The van der Waals surface area contributed by atoms with Crippen molar-refractivity contribution in [1.29, 1.82) is 0 Å². The molecule has 124 valence electrons.